The van der Waals surface area contributed by atoms with E-state index in [0.29, 0.717) is 25.1 Å². The zero-order valence-corrected chi connectivity index (χ0v) is 21.3. The molecule has 4 unspecified atom stereocenters. The van der Waals surface area contributed by atoms with E-state index in [2.05, 4.69) is 38.5 Å². The number of rotatable bonds is 16. The molecule has 0 saturated heterocycles. The summed E-state index contributed by atoms with van der Waals surface area (Å²) in [5.41, 5.74) is 12.7. The van der Waals surface area contributed by atoms with Crippen LogP contribution in [0, 0.1) is 0 Å². The zero-order chi connectivity index (χ0) is 27.2. The first-order chi connectivity index (χ1) is 17.7. The second-order valence-electron chi connectivity index (χ2n) is 8.57. The lowest BCUT2D eigenvalue weighted by atomic mass is 10.0. The van der Waals surface area contributed by atoms with Crippen LogP contribution in [0.1, 0.15) is 30.5 Å². The summed E-state index contributed by atoms with van der Waals surface area (Å²) >= 11 is 4.03. The second-order valence-corrected chi connectivity index (χ2v) is 8.93. The molecule has 0 fully saturated rings. The number of aromatic nitrogens is 2. The summed E-state index contributed by atoms with van der Waals surface area (Å²) in [6, 6.07) is 4.83. The Morgan fingerprint density at radius 2 is 1.59 bits per heavy atom. The van der Waals surface area contributed by atoms with Crippen LogP contribution in [0.25, 0.3) is 0 Å². The van der Waals surface area contributed by atoms with Crippen LogP contribution in [0.2, 0.25) is 0 Å². The SMILES string of the molecule is NCCCCC(NC(=O)C(Cc1ccccc1)NC(=O)C(N)CS)C(=O)NC(Cc1cnc[nH]1)C(=O)O. The monoisotopic (exact) mass is 533 g/mol. The van der Waals surface area contributed by atoms with E-state index in [1.165, 1.54) is 12.5 Å². The molecule has 37 heavy (non-hydrogen) atoms. The molecule has 1 heterocycles. The predicted molar refractivity (Wildman–Crippen MR) is 141 cm³/mol. The number of carbonyl (C=O) groups is 4. The number of carboxylic acids is 1. The minimum absolute atomic E-state index is 0.0150. The average Bonchev–Trinajstić information content (AvgIpc) is 3.40. The van der Waals surface area contributed by atoms with Gasteiger partial charge in [-0.3, -0.25) is 14.4 Å². The van der Waals surface area contributed by atoms with E-state index in [4.69, 9.17) is 11.5 Å². The molecule has 0 radical (unpaired) electrons. The highest BCUT2D eigenvalue weighted by molar-refractivity contribution is 7.80. The minimum atomic E-state index is -1.24. The Hall–Kier alpha value is -3.42. The third-order valence-electron chi connectivity index (χ3n) is 5.62. The molecule has 1 aromatic heterocycles. The molecule has 0 saturated carbocycles. The number of amides is 3. The number of aliphatic carboxylic acids is 1. The molecule has 3 amide bonds. The van der Waals surface area contributed by atoms with Crippen LogP contribution in [0.4, 0.5) is 0 Å². The smallest absolute Gasteiger partial charge is 0.326 e. The number of unbranched alkanes of at least 4 members (excludes halogenated alkanes) is 1. The van der Waals surface area contributed by atoms with Crippen molar-refractivity contribution in [3.05, 3.63) is 54.1 Å². The van der Waals surface area contributed by atoms with Crippen LogP contribution in [-0.4, -0.2) is 75.2 Å². The summed E-state index contributed by atoms with van der Waals surface area (Å²) in [5.74, 6) is -2.96. The molecular weight excluding hydrogens is 498 g/mol. The fourth-order valence-corrected chi connectivity index (χ4v) is 3.71. The van der Waals surface area contributed by atoms with E-state index in [9.17, 15) is 24.3 Å². The van der Waals surface area contributed by atoms with Gasteiger partial charge in [0.1, 0.15) is 18.1 Å². The Bertz CT molecular complexity index is 1010. The molecule has 202 valence electrons. The molecule has 0 aliphatic heterocycles. The fourth-order valence-electron chi connectivity index (χ4n) is 3.54. The number of carbonyl (C=O) groups excluding carboxylic acids is 3. The van der Waals surface area contributed by atoms with Crippen molar-refractivity contribution < 1.29 is 24.3 Å². The third kappa shape index (κ3) is 10.2. The first kappa shape index (κ1) is 29.8. The second kappa shape index (κ2) is 15.6. The molecule has 4 atom stereocenters. The van der Waals surface area contributed by atoms with Gasteiger partial charge in [0.05, 0.1) is 12.4 Å². The Morgan fingerprint density at radius 1 is 0.946 bits per heavy atom. The van der Waals surface area contributed by atoms with E-state index in [-0.39, 0.29) is 25.0 Å². The van der Waals surface area contributed by atoms with Crippen molar-refractivity contribution in [3.63, 3.8) is 0 Å². The van der Waals surface area contributed by atoms with Crippen LogP contribution >= 0.6 is 12.6 Å². The van der Waals surface area contributed by atoms with Gasteiger partial charge in [-0.1, -0.05) is 30.3 Å². The number of aromatic amines is 1. The first-order valence-corrected chi connectivity index (χ1v) is 12.6. The number of hydrogen-bond donors (Lipinski definition) is 8. The first-order valence-electron chi connectivity index (χ1n) is 12.0. The van der Waals surface area contributed by atoms with Gasteiger partial charge < -0.3 is 37.5 Å². The molecule has 0 spiro atoms. The number of imidazole rings is 1. The van der Waals surface area contributed by atoms with E-state index in [1.807, 2.05) is 18.2 Å². The largest absolute Gasteiger partial charge is 0.480 e. The number of nitrogens with zero attached hydrogens (tertiary/aromatic N) is 1. The lowest BCUT2D eigenvalue weighted by Crippen LogP contribution is -2.58. The normalized spacial score (nSPS) is 14.1. The van der Waals surface area contributed by atoms with Gasteiger partial charge in [-0.15, -0.1) is 0 Å². The summed E-state index contributed by atoms with van der Waals surface area (Å²) in [7, 11) is 0. The van der Waals surface area contributed by atoms with Crippen LogP contribution in [-0.2, 0) is 32.0 Å². The molecule has 2 rings (SSSR count). The van der Waals surface area contributed by atoms with E-state index in [0.717, 1.165) is 5.56 Å². The highest BCUT2D eigenvalue weighted by atomic mass is 32.1. The van der Waals surface area contributed by atoms with E-state index in [1.54, 1.807) is 12.1 Å². The zero-order valence-electron chi connectivity index (χ0n) is 20.4. The Kier molecular flexibility index (Phi) is 12.6. The standard InChI is InChI=1S/C24H35N7O5S/c25-9-5-4-8-18(22(33)31-20(24(35)36)11-16-12-27-14-28-16)29-23(34)19(30-21(32)17(26)13-37)10-15-6-2-1-3-7-15/h1-3,6-7,12,14,17-20,37H,4-5,8-11,13,25-26H2,(H,27,28)(H,29,34)(H,30,32)(H,31,33)(H,35,36). The highest BCUT2D eigenvalue weighted by Gasteiger charge is 2.30. The summed E-state index contributed by atoms with van der Waals surface area (Å²) in [6.07, 6.45) is 4.38. The molecule has 1 aromatic carbocycles. The lowest BCUT2D eigenvalue weighted by Gasteiger charge is -2.25. The highest BCUT2D eigenvalue weighted by Crippen LogP contribution is 2.08. The summed E-state index contributed by atoms with van der Waals surface area (Å²) in [4.78, 5) is 57.3. The van der Waals surface area contributed by atoms with Crippen molar-refractivity contribution in [1.29, 1.82) is 0 Å². The van der Waals surface area contributed by atoms with Gasteiger partial charge in [-0.25, -0.2) is 9.78 Å². The third-order valence-corrected chi connectivity index (χ3v) is 6.02. The molecule has 0 aliphatic rings. The van der Waals surface area contributed by atoms with E-state index >= 15 is 0 Å². The Morgan fingerprint density at radius 3 is 2.19 bits per heavy atom. The molecule has 0 bridgehead atoms. The van der Waals surface area contributed by atoms with Gasteiger partial charge >= 0.3 is 5.97 Å². The molecular formula is C24H35N7O5S. The van der Waals surface area contributed by atoms with Crippen molar-refractivity contribution in [1.82, 2.24) is 25.9 Å². The van der Waals surface area contributed by atoms with Crippen molar-refractivity contribution in [3.8, 4) is 0 Å². The van der Waals surface area contributed by atoms with Gasteiger partial charge in [0.25, 0.3) is 0 Å². The predicted octanol–water partition coefficient (Wildman–Crippen LogP) is -0.880. The quantitative estimate of drug-likeness (QED) is 0.100. The fraction of sp³-hybridized carbons (Fsp3) is 0.458. The van der Waals surface area contributed by atoms with Gasteiger partial charge in [0.2, 0.25) is 17.7 Å². The van der Waals surface area contributed by atoms with Crippen LogP contribution in [0.15, 0.2) is 42.9 Å². The maximum Gasteiger partial charge on any atom is 0.326 e. The molecule has 9 N–H and O–H groups in total. The van der Waals surface area contributed by atoms with Gasteiger partial charge in [0.15, 0.2) is 0 Å². The van der Waals surface area contributed by atoms with Gasteiger partial charge in [0, 0.05) is 30.5 Å². The molecule has 12 nitrogen and oxygen atoms in total. The number of benzene rings is 1. The van der Waals surface area contributed by atoms with Crippen molar-refractivity contribution in [2.45, 2.75) is 56.3 Å². The van der Waals surface area contributed by atoms with Gasteiger partial charge in [-0.2, -0.15) is 12.6 Å². The maximum absolute atomic E-state index is 13.3. The van der Waals surface area contributed by atoms with Crippen LogP contribution < -0.4 is 27.4 Å². The van der Waals surface area contributed by atoms with Crippen molar-refractivity contribution in [2.75, 3.05) is 12.3 Å². The van der Waals surface area contributed by atoms with Crippen LogP contribution in [0.5, 0.6) is 0 Å². The van der Waals surface area contributed by atoms with Crippen molar-refractivity contribution in [2.24, 2.45) is 11.5 Å². The number of nitrogens with two attached hydrogens (primary N) is 2. The Balaban J connectivity index is 2.19. The summed E-state index contributed by atoms with van der Waals surface area (Å²) < 4.78 is 0. The summed E-state index contributed by atoms with van der Waals surface area (Å²) in [6.45, 7) is 0.397. The molecule has 0 aliphatic carbocycles. The molecule has 2 aromatic rings. The van der Waals surface area contributed by atoms with Crippen LogP contribution in [0.3, 0.4) is 0 Å². The topological polar surface area (TPSA) is 205 Å². The number of carboxylic acid groups (broad SMARTS) is 1. The van der Waals surface area contributed by atoms with E-state index < -0.39 is 47.9 Å². The number of hydrogen-bond acceptors (Lipinski definition) is 8. The average molecular weight is 534 g/mol. The molecule has 13 heteroatoms. The minimum Gasteiger partial charge on any atom is -0.480 e. The lowest BCUT2D eigenvalue weighted by molar-refractivity contribution is -0.142. The number of thiol groups is 1. The maximum atomic E-state index is 13.3. The number of nitrogens with one attached hydrogen (secondary N) is 4. The number of H-pyrrole nitrogens is 1. The van der Waals surface area contributed by atoms with Crippen molar-refractivity contribution >= 4 is 36.3 Å². The Labute approximate surface area is 220 Å². The summed E-state index contributed by atoms with van der Waals surface area (Å²) in [5, 5.41) is 17.4. The van der Waals surface area contributed by atoms with Gasteiger partial charge in [-0.05, 0) is 31.4 Å².